The molecule has 0 spiro atoms. The number of imidazole rings is 1. The molecule has 3 heterocycles. The molecule has 0 aromatic carbocycles. The number of pyridine rings is 1. The molecular weight excluding hydrogens is 324 g/mol. The summed E-state index contributed by atoms with van der Waals surface area (Å²) in [6, 6.07) is 4.30. The second-order valence-electron chi connectivity index (χ2n) is 7.75. The van der Waals surface area contributed by atoms with Gasteiger partial charge in [-0.25, -0.2) is 4.98 Å². The van der Waals surface area contributed by atoms with Crippen molar-refractivity contribution < 1.29 is 4.79 Å². The van der Waals surface area contributed by atoms with E-state index in [1.165, 1.54) is 19.3 Å². The molecule has 0 N–H and O–H groups in total. The van der Waals surface area contributed by atoms with Gasteiger partial charge in [-0.05, 0) is 44.7 Å². The zero-order chi connectivity index (χ0) is 17.9. The number of piperidine rings is 1. The number of carbonyl (C=O) groups is 1. The second-order valence-corrected chi connectivity index (χ2v) is 7.75. The molecule has 1 amide bonds. The Morgan fingerprint density at radius 1 is 1.12 bits per heavy atom. The van der Waals surface area contributed by atoms with Crippen LogP contribution in [0.4, 0.5) is 0 Å². The highest BCUT2D eigenvalue weighted by Crippen LogP contribution is 2.31. The summed E-state index contributed by atoms with van der Waals surface area (Å²) < 4.78 is 2.32. The van der Waals surface area contributed by atoms with Crippen molar-refractivity contribution in [3.05, 3.63) is 36.4 Å². The second kappa shape index (κ2) is 7.60. The van der Waals surface area contributed by atoms with E-state index >= 15 is 0 Å². The third kappa shape index (κ3) is 3.39. The first-order chi connectivity index (χ1) is 12.7. The van der Waals surface area contributed by atoms with Crippen LogP contribution >= 0.6 is 0 Å². The van der Waals surface area contributed by atoms with Gasteiger partial charge in [0.15, 0.2) is 0 Å². The molecule has 4 rings (SSSR count). The molecule has 5 heteroatoms. The predicted octanol–water partition coefficient (Wildman–Crippen LogP) is 4.00. The van der Waals surface area contributed by atoms with Gasteiger partial charge in [-0.2, -0.15) is 0 Å². The predicted molar refractivity (Wildman–Crippen MR) is 102 cm³/mol. The first-order valence-electron chi connectivity index (χ1n) is 9.97. The SMILES string of the molecule is Cc1cnc(-c2cccnc2)n1C1CCCN(C(=O)C2CCCCC2)C1. The minimum absolute atomic E-state index is 0.254. The van der Waals surface area contributed by atoms with Crippen molar-refractivity contribution in [2.45, 2.75) is 57.9 Å². The monoisotopic (exact) mass is 352 g/mol. The molecule has 1 atom stereocenters. The lowest BCUT2D eigenvalue weighted by Crippen LogP contribution is -2.44. The van der Waals surface area contributed by atoms with Crippen molar-refractivity contribution in [2.75, 3.05) is 13.1 Å². The lowest BCUT2D eigenvalue weighted by Gasteiger charge is -2.37. The van der Waals surface area contributed by atoms with Crippen molar-refractivity contribution in [3.63, 3.8) is 0 Å². The fourth-order valence-corrected chi connectivity index (χ4v) is 4.59. The smallest absolute Gasteiger partial charge is 0.225 e. The van der Waals surface area contributed by atoms with E-state index in [0.29, 0.717) is 11.9 Å². The van der Waals surface area contributed by atoms with Crippen LogP contribution in [0.3, 0.4) is 0 Å². The summed E-state index contributed by atoms with van der Waals surface area (Å²) in [5.74, 6) is 1.60. The Balaban J connectivity index is 1.55. The van der Waals surface area contributed by atoms with Crippen LogP contribution in [0.1, 0.15) is 56.7 Å². The highest BCUT2D eigenvalue weighted by molar-refractivity contribution is 5.79. The van der Waals surface area contributed by atoms with Gasteiger partial charge in [0.05, 0.1) is 6.04 Å². The molecule has 1 unspecified atom stereocenters. The minimum atomic E-state index is 0.254. The zero-order valence-electron chi connectivity index (χ0n) is 15.6. The number of aromatic nitrogens is 3. The number of amides is 1. The number of hydrogen-bond acceptors (Lipinski definition) is 3. The van der Waals surface area contributed by atoms with Gasteiger partial charge >= 0.3 is 0 Å². The van der Waals surface area contributed by atoms with Crippen LogP contribution in [0.25, 0.3) is 11.4 Å². The summed E-state index contributed by atoms with van der Waals surface area (Å²) in [7, 11) is 0. The van der Waals surface area contributed by atoms with Gasteiger partial charge in [-0.1, -0.05) is 19.3 Å². The van der Waals surface area contributed by atoms with Crippen LogP contribution in [0.15, 0.2) is 30.7 Å². The molecule has 1 aliphatic carbocycles. The van der Waals surface area contributed by atoms with E-state index in [1.807, 2.05) is 18.5 Å². The van der Waals surface area contributed by atoms with Gasteiger partial charge in [-0.3, -0.25) is 9.78 Å². The molecule has 26 heavy (non-hydrogen) atoms. The molecule has 2 fully saturated rings. The average molecular weight is 352 g/mol. The van der Waals surface area contributed by atoms with E-state index in [0.717, 1.165) is 55.9 Å². The van der Waals surface area contributed by atoms with E-state index in [-0.39, 0.29) is 5.92 Å². The molecule has 138 valence electrons. The fourth-order valence-electron chi connectivity index (χ4n) is 4.59. The van der Waals surface area contributed by atoms with Crippen molar-refractivity contribution in [3.8, 4) is 11.4 Å². The van der Waals surface area contributed by atoms with Crippen LogP contribution in [-0.2, 0) is 4.79 Å². The summed E-state index contributed by atoms with van der Waals surface area (Å²) in [5, 5.41) is 0. The quantitative estimate of drug-likeness (QED) is 0.839. The van der Waals surface area contributed by atoms with Gasteiger partial charge in [-0.15, -0.1) is 0 Å². The Morgan fingerprint density at radius 2 is 1.96 bits per heavy atom. The maximum absolute atomic E-state index is 13.0. The number of likely N-dealkylation sites (tertiary alicyclic amines) is 1. The molecule has 2 aliphatic rings. The molecular formula is C21H28N4O. The van der Waals surface area contributed by atoms with Crippen LogP contribution in [0.2, 0.25) is 0 Å². The minimum Gasteiger partial charge on any atom is -0.340 e. The standard InChI is InChI=1S/C21H28N4O/c1-16-13-23-20(18-9-5-11-22-14-18)25(16)19-10-6-12-24(15-19)21(26)17-7-3-2-4-8-17/h5,9,11,13-14,17,19H,2-4,6-8,10,12,15H2,1H3. The topological polar surface area (TPSA) is 51.0 Å². The maximum atomic E-state index is 13.0. The van der Waals surface area contributed by atoms with Crippen LogP contribution in [-0.4, -0.2) is 38.4 Å². The lowest BCUT2D eigenvalue weighted by atomic mass is 9.87. The summed E-state index contributed by atoms with van der Waals surface area (Å²) in [6.07, 6.45) is 13.6. The van der Waals surface area contributed by atoms with Gasteiger partial charge in [0.25, 0.3) is 0 Å². The van der Waals surface area contributed by atoms with Crippen LogP contribution in [0, 0.1) is 12.8 Å². The highest BCUT2D eigenvalue weighted by atomic mass is 16.2. The Hall–Kier alpha value is -2.17. The Kier molecular flexibility index (Phi) is 5.05. The van der Waals surface area contributed by atoms with Gasteiger partial charge < -0.3 is 9.47 Å². The third-order valence-corrected chi connectivity index (χ3v) is 5.93. The fraction of sp³-hybridized carbons (Fsp3) is 0.571. The molecule has 0 radical (unpaired) electrons. The van der Waals surface area contributed by atoms with Crippen molar-refractivity contribution in [1.29, 1.82) is 0 Å². The summed E-state index contributed by atoms with van der Waals surface area (Å²) in [6.45, 7) is 3.82. The van der Waals surface area contributed by atoms with Gasteiger partial charge in [0.2, 0.25) is 5.91 Å². The molecule has 0 bridgehead atoms. The molecule has 1 saturated carbocycles. The largest absolute Gasteiger partial charge is 0.340 e. The Labute approximate surface area is 155 Å². The normalized spacial score (nSPS) is 21.7. The van der Waals surface area contributed by atoms with Crippen molar-refractivity contribution in [2.24, 2.45) is 5.92 Å². The maximum Gasteiger partial charge on any atom is 0.225 e. The Bertz CT molecular complexity index is 749. The Morgan fingerprint density at radius 3 is 2.73 bits per heavy atom. The number of rotatable bonds is 3. The van der Waals surface area contributed by atoms with Gasteiger partial charge in [0, 0.05) is 48.9 Å². The number of hydrogen-bond donors (Lipinski definition) is 0. The number of aryl methyl sites for hydroxylation is 1. The zero-order valence-corrected chi connectivity index (χ0v) is 15.6. The van der Waals surface area contributed by atoms with Crippen LogP contribution in [0.5, 0.6) is 0 Å². The van der Waals surface area contributed by atoms with Crippen molar-refractivity contribution >= 4 is 5.91 Å². The molecule has 2 aromatic rings. The summed E-state index contributed by atoms with van der Waals surface area (Å²) >= 11 is 0. The summed E-state index contributed by atoms with van der Waals surface area (Å²) in [4.78, 5) is 24.0. The number of nitrogens with zero attached hydrogens (tertiary/aromatic N) is 4. The molecule has 1 aliphatic heterocycles. The van der Waals surface area contributed by atoms with Gasteiger partial charge in [0.1, 0.15) is 5.82 Å². The van der Waals surface area contributed by atoms with E-state index < -0.39 is 0 Å². The number of carbonyl (C=O) groups excluding carboxylic acids is 1. The lowest BCUT2D eigenvalue weighted by molar-refractivity contribution is -0.138. The molecule has 5 nitrogen and oxygen atoms in total. The van der Waals surface area contributed by atoms with E-state index in [9.17, 15) is 4.79 Å². The van der Waals surface area contributed by atoms with Crippen LogP contribution < -0.4 is 0 Å². The van der Waals surface area contributed by atoms with E-state index in [2.05, 4.69) is 32.4 Å². The first kappa shape index (κ1) is 17.3. The highest BCUT2D eigenvalue weighted by Gasteiger charge is 2.31. The summed E-state index contributed by atoms with van der Waals surface area (Å²) in [5.41, 5.74) is 2.19. The average Bonchev–Trinajstić information content (AvgIpc) is 3.10. The molecule has 1 saturated heterocycles. The van der Waals surface area contributed by atoms with E-state index in [1.54, 1.807) is 6.20 Å². The third-order valence-electron chi connectivity index (χ3n) is 5.93. The molecule has 2 aromatic heterocycles. The first-order valence-corrected chi connectivity index (χ1v) is 9.97. The van der Waals surface area contributed by atoms with Crippen molar-refractivity contribution in [1.82, 2.24) is 19.4 Å². The van der Waals surface area contributed by atoms with E-state index in [4.69, 9.17) is 0 Å².